The molecule has 0 amide bonds. The fourth-order valence-electron chi connectivity index (χ4n) is 3.50. The van der Waals surface area contributed by atoms with E-state index in [1.165, 1.54) is 11.3 Å². The van der Waals surface area contributed by atoms with Gasteiger partial charge in [0.2, 0.25) is 0 Å². The second kappa shape index (κ2) is 10.9. The molecular formula is C27H25NO6S. The number of benzene rings is 3. The first kappa shape index (κ1) is 24.1. The number of aryl methyl sites for hydroxylation is 1. The van der Waals surface area contributed by atoms with Crippen LogP contribution in [0.1, 0.15) is 10.6 Å². The molecule has 0 bridgehead atoms. The smallest absolute Gasteiger partial charge is 0.341 e. The van der Waals surface area contributed by atoms with Gasteiger partial charge in [-0.3, -0.25) is 0 Å². The Bertz CT molecular complexity index is 1320. The first-order valence-electron chi connectivity index (χ1n) is 10.8. The molecule has 0 saturated heterocycles. The van der Waals surface area contributed by atoms with Gasteiger partial charge in [0.1, 0.15) is 34.6 Å². The highest BCUT2D eigenvalue weighted by molar-refractivity contribution is 7.09. The largest absolute Gasteiger partial charge is 0.497 e. The molecular weight excluding hydrogens is 466 g/mol. The number of thiazole rings is 1. The van der Waals surface area contributed by atoms with E-state index in [0.29, 0.717) is 11.5 Å². The molecule has 0 saturated carbocycles. The Hall–Kier alpha value is -4.04. The van der Waals surface area contributed by atoms with E-state index in [2.05, 4.69) is 0 Å². The Morgan fingerprint density at radius 1 is 0.914 bits per heavy atom. The summed E-state index contributed by atoms with van der Waals surface area (Å²) in [6.07, 6.45) is 0. The molecule has 0 fully saturated rings. The number of carbonyl (C=O) groups is 1. The van der Waals surface area contributed by atoms with Crippen molar-refractivity contribution in [2.75, 3.05) is 20.8 Å². The van der Waals surface area contributed by atoms with Crippen LogP contribution in [0.5, 0.6) is 23.0 Å². The number of hydrogen-bond acceptors (Lipinski definition) is 7. The van der Waals surface area contributed by atoms with Crippen molar-refractivity contribution in [1.29, 1.82) is 0 Å². The highest BCUT2D eigenvalue weighted by Crippen LogP contribution is 2.37. The highest BCUT2D eigenvalue weighted by Gasteiger charge is 2.15. The van der Waals surface area contributed by atoms with Gasteiger partial charge in [-0.05, 0) is 54.4 Å². The van der Waals surface area contributed by atoms with E-state index in [1.807, 2.05) is 66.9 Å². The van der Waals surface area contributed by atoms with Gasteiger partial charge in [0.15, 0.2) is 6.61 Å². The van der Waals surface area contributed by atoms with Crippen LogP contribution in [0, 0.1) is 6.92 Å². The molecule has 0 aliphatic carbocycles. The number of carboxylic acid groups (broad SMARTS) is 1. The Morgan fingerprint density at radius 2 is 1.69 bits per heavy atom. The zero-order valence-corrected chi connectivity index (χ0v) is 20.4. The van der Waals surface area contributed by atoms with Crippen molar-refractivity contribution in [3.05, 3.63) is 76.6 Å². The molecule has 8 heteroatoms. The SMILES string of the molecule is COc1ccc(-c2cc(OCC(=O)O)c(C)cc2OCc2nc(-c3cccc(OC)c3)cs2)cc1. The van der Waals surface area contributed by atoms with Gasteiger partial charge in [-0.25, -0.2) is 9.78 Å². The van der Waals surface area contributed by atoms with Crippen LogP contribution in [0.25, 0.3) is 22.4 Å². The van der Waals surface area contributed by atoms with Gasteiger partial charge in [-0.15, -0.1) is 11.3 Å². The summed E-state index contributed by atoms with van der Waals surface area (Å²) in [5, 5.41) is 11.8. The topological polar surface area (TPSA) is 87.1 Å². The van der Waals surface area contributed by atoms with Gasteiger partial charge in [-0.2, -0.15) is 0 Å². The third kappa shape index (κ3) is 5.91. The van der Waals surface area contributed by atoms with Crippen molar-refractivity contribution in [2.24, 2.45) is 0 Å². The molecule has 1 heterocycles. The maximum Gasteiger partial charge on any atom is 0.341 e. The van der Waals surface area contributed by atoms with E-state index in [0.717, 1.165) is 44.5 Å². The Balaban J connectivity index is 1.60. The van der Waals surface area contributed by atoms with E-state index in [4.69, 9.17) is 29.0 Å². The lowest BCUT2D eigenvalue weighted by Crippen LogP contribution is -2.10. The van der Waals surface area contributed by atoms with Crippen LogP contribution in [-0.2, 0) is 11.4 Å². The first-order valence-corrected chi connectivity index (χ1v) is 11.7. The Morgan fingerprint density at radius 3 is 2.40 bits per heavy atom. The third-order valence-electron chi connectivity index (χ3n) is 5.30. The van der Waals surface area contributed by atoms with Crippen molar-refractivity contribution in [3.63, 3.8) is 0 Å². The number of ether oxygens (including phenoxy) is 4. The zero-order chi connectivity index (χ0) is 24.8. The number of carboxylic acids is 1. The Kier molecular flexibility index (Phi) is 7.52. The van der Waals surface area contributed by atoms with Gasteiger partial charge < -0.3 is 24.1 Å². The van der Waals surface area contributed by atoms with Gasteiger partial charge in [0.25, 0.3) is 0 Å². The molecule has 4 aromatic rings. The predicted octanol–water partition coefficient (Wildman–Crippen LogP) is 5.85. The minimum Gasteiger partial charge on any atom is -0.497 e. The molecule has 3 aromatic carbocycles. The van der Waals surface area contributed by atoms with Gasteiger partial charge in [-0.1, -0.05) is 24.3 Å². The second-order valence-electron chi connectivity index (χ2n) is 7.67. The molecule has 0 aliphatic rings. The van der Waals surface area contributed by atoms with E-state index in [1.54, 1.807) is 20.3 Å². The molecule has 4 rings (SSSR count). The summed E-state index contributed by atoms with van der Waals surface area (Å²) in [7, 11) is 3.25. The van der Waals surface area contributed by atoms with Crippen molar-refractivity contribution < 1.29 is 28.8 Å². The minimum absolute atomic E-state index is 0.284. The van der Waals surface area contributed by atoms with E-state index in [9.17, 15) is 4.79 Å². The molecule has 1 aromatic heterocycles. The molecule has 7 nitrogen and oxygen atoms in total. The molecule has 0 unspecified atom stereocenters. The second-order valence-corrected chi connectivity index (χ2v) is 8.61. The highest BCUT2D eigenvalue weighted by atomic mass is 32.1. The maximum absolute atomic E-state index is 11.0. The molecule has 35 heavy (non-hydrogen) atoms. The number of methoxy groups -OCH3 is 2. The minimum atomic E-state index is -1.04. The predicted molar refractivity (Wildman–Crippen MR) is 135 cm³/mol. The average molecular weight is 492 g/mol. The lowest BCUT2D eigenvalue weighted by atomic mass is 10.0. The lowest BCUT2D eigenvalue weighted by molar-refractivity contribution is -0.139. The number of aromatic nitrogens is 1. The van der Waals surface area contributed by atoms with E-state index >= 15 is 0 Å². The molecule has 180 valence electrons. The summed E-state index contributed by atoms with van der Waals surface area (Å²) in [6.45, 7) is 1.72. The number of rotatable bonds is 10. The quantitative estimate of drug-likeness (QED) is 0.298. The van der Waals surface area contributed by atoms with Gasteiger partial charge in [0.05, 0.1) is 19.9 Å². The monoisotopic (exact) mass is 491 g/mol. The van der Waals surface area contributed by atoms with Gasteiger partial charge >= 0.3 is 5.97 Å². The average Bonchev–Trinajstić information content (AvgIpc) is 3.36. The zero-order valence-electron chi connectivity index (χ0n) is 19.6. The Labute approximate surface area is 207 Å². The van der Waals surface area contributed by atoms with Crippen molar-refractivity contribution >= 4 is 17.3 Å². The van der Waals surface area contributed by atoms with Crippen LogP contribution >= 0.6 is 11.3 Å². The van der Waals surface area contributed by atoms with Crippen molar-refractivity contribution in [2.45, 2.75) is 13.5 Å². The lowest BCUT2D eigenvalue weighted by Gasteiger charge is -2.16. The normalized spacial score (nSPS) is 10.6. The summed E-state index contributed by atoms with van der Waals surface area (Å²) < 4.78 is 22.3. The van der Waals surface area contributed by atoms with Crippen LogP contribution in [0.4, 0.5) is 0 Å². The number of hydrogen-bond donors (Lipinski definition) is 1. The van der Waals surface area contributed by atoms with Crippen LogP contribution in [0.2, 0.25) is 0 Å². The van der Waals surface area contributed by atoms with Crippen molar-refractivity contribution in [1.82, 2.24) is 4.98 Å². The summed E-state index contributed by atoms with van der Waals surface area (Å²) in [6, 6.07) is 19.0. The van der Waals surface area contributed by atoms with Gasteiger partial charge in [0, 0.05) is 16.5 Å². The molecule has 0 atom stereocenters. The van der Waals surface area contributed by atoms with E-state index < -0.39 is 12.6 Å². The molecule has 0 aliphatic heterocycles. The number of aliphatic carboxylic acids is 1. The summed E-state index contributed by atoms with van der Waals surface area (Å²) in [4.78, 5) is 15.7. The maximum atomic E-state index is 11.0. The standard InChI is InChI=1S/C27H25NO6S/c1-17-11-25(33-14-26-28-23(16-35-26)19-5-4-6-21(12-19)32-3)22(13-24(17)34-15-27(29)30)18-7-9-20(31-2)10-8-18/h4-13,16H,14-15H2,1-3H3,(H,29,30). The van der Waals surface area contributed by atoms with Crippen LogP contribution in [-0.4, -0.2) is 36.9 Å². The molecule has 0 radical (unpaired) electrons. The summed E-state index contributed by atoms with van der Waals surface area (Å²) >= 11 is 1.52. The molecule has 1 N–H and O–H groups in total. The molecule has 0 spiro atoms. The summed E-state index contributed by atoms with van der Waals surface area (Å²) in [5.41, 5.74) is 4.27. The van der Waals surface area contributed by atoms with Crippen LogP contribution in [0.15, 0.2) is 66.0 Å². The number of nitrogens with zero attached hydrogens (tertiary/aromatic N) is 1. The first-order chi connectivity index (χ1) is 17.0. The fraction of sp³-hybridized carbons (Fsp3) is 0.185. The van der Waals surface area contributed by atoms with Crippen molar-refractivity contribution in [3.8, 4) is 45.4 Å². The van der Waals surface area contributed by atoms with Crippen LogP contribution in [0.3, 0.4) is 0 Å². The summed E-state index contributed by atoms with van der Waals surface area (Å²) in [5.74, 6) is 1.61. The van der Waals surface area contributed by atoms with E-state index in [-0.39, 0.29) is 6.61 Å². The van der Waals surface area contributed by atoms with Crippen LogP contribution < -0.4 is 18.9 Å². The fourth-order valence-corrected chi connectivity index (χ4v) is 4.22. The third-order valence-corrected chi connectivity index (χ3v) is 6.12.